The Morgan fingerprint density at radius 2 is 1.17 bits per heavy atom. The quantitative estimate of drug-likeness (QED) is 0.145. The van der Waals surface area contributed by atoms with Crippen molar-refractivity contribution in [1.29, 1.82) is 0 Å². The first kappa shape index (κ1) is 29.2. The Morgan fingerprint density at radius 3 is 1.73 bits per heavy atom. The minimum Gasteiger partial charge on any atom is -0.356 e. The second-order valence-corrected chi connectivity index (χ2v) is 10.4. The van der Waals surface area contributed by atoms with Crippen LogP contribution >= 0.6 is 0 Å². The van der Waals surface area contributed by atoms with Gasteiger partial charge in [0.1, 0.15) is 0 Å². The molecule has 0 aliphatic carbocycles. The number of rotatable bonds is 21. The van der Waals surface area contributed by atoms with Crippen LogP contribution < -0.4 is 5.32 Å². The average Bonchev–Trinajstić information content (AvgIpc) is 2.69. The highest BCUT2D eigenvalue weighted by Crippen LogP contribution is 2.22. The monoisotopic (exact) mass is 421 g/mol. The van der Waals surface area contributed by atoms with Crippen LogP contribution in [0.3, 0.4) is 0 Å². The smallest absolute Gasteiger partial charge is 0.219 e. The van der Waals surface area contributed by atoms with Crippen molar-refractivity contribution in [2.45, 2.75) is 150 Å². The molecule has 0 aromatic heterocycles. The van der Waals surface area contributed by atoms with E-state index in [0.717, 1.165) is 19.4 Å². The van der Waals surface area contributed by atoms with Crippen molar-refractivity contribution in [2.75, 3.05) is 6.54 Å². The summed E-state index contributed by atoms with van der Waals surface area (Å²) in [6.45, 7) is 10.0. The van der Waals surface area contributed by atoms with Crippen molar-refractivity contribution in [3.63, 3.8) is 0 Å². The van der Waals surface area contributed by atoms with E-state index in [1.54, 1.807) is 0 Å². The van der Waals surface area contributed by atoms with E-state index in [0.29, 0.717) is 11.8 Å². The van der Waals surface area contributed by atoms with Crippen LogP contribution in [0.5, 0.6) is 0 Å². The molecule has 0 unspecified atom stereocenters. The fourth-order valence-corrected chi connectivity index (χ4v) is 3.81. The number of hydrogen-bond donors (Lipinski definition) is 1. The maximum atomic E-state index is 11.8. The van der Waals surface area contributed by atoms with E-state index < -0.39 is 0 Å². The number of amides is 1. The van der Waals surface area contributed by atoms with Crippen molar-refractivity contribution in [1.82, 2.24) is 5.32 Å². The summed E-state index contributed by atoms with van der Waals surface area (Å²) in [6.07, 6.45) is 28.8. The molecule has 0 fully saturated rings. The molecule has 178 valence electrons. The molecule has 0 aromatic carbocycles. The van der Waals surface area contributed by atoms with E-state index in [9.17, 15) is 4.79 Å². The second kappa shape index (κ2) is 21.4. The Hall–Kier alpha value is -0.790. The van der Waals surface area contributed by atoms with Crippen LogP contribution in [-0.2, 0) is 4.79 Å². The lowest BCUT2D eigenvalue weighted by atomic mass is 9.89. The minimum absolute atomic E-state index is 0.249. The van der Waals surface area contributed by atoms with E-state index in [1.165, 1.54) is 103 Å². The van der Waals surface area contributed by atoms with Crippen LogP contribution in [-0.4, -0.2) is 12.5 Å². The van der Waals surface area contributed by atoms with Crippen molar-refractivity contribution in [2.24, 2.45) is 5.41 Å². The molecule has 0 aliphatic heterocycles. The summed E-state index contributed by atoms with van der Waals surface area (Å²) in [5, 5.41) is 3.09. The molecule has 1 amide bonds. The van der Waals surface area contributed by atoms with E-state index in [-0.39, 0.29) is 5.91 Å². The lowest BCUT2D eigenvalue weighted by Gasteiger charge is -2.17. The maximum absolute atomic E-state index is 11.8. The standard InChI is InChI=1S/C28H55NO/c1-5-6-7-8-9-10-11-12-13-14-15-16-17-18-19-23-26-29-27(30)24-21-20-22-25-28(2,3)4/h12-13H,5-11,14-26H2,1-4H3,(H,29,30)/b13-12-. The van der Waals surface area contributed by atoms with Crippen molar-refractivity contribution in [3.05, 3.63) is 12.2 Å². The number of carbonyl (C=O) groups is 1. The molecule has 0 saturated carbocycles. The van der Waals surface area contributed by atoms with Gasteiger partial charge < -0.3 is 5.32 Å². The number of nitrogens with one attached hydrogen (secondary N) is 1. The zero-order valence-corrected chi connectivity index (χ0v) is 21.2. The predicted molar refractivity (Wildman–Crippen MR) is 135 cm³/mol. The van der Waals surface area contributed by atoms with Gasteiger partial charge in [-0.25, -0.2) is 0 Å². The number of unbranched alkanes of at least 4 members (excludes halogenated alkanes) is 14. The number of allylic oxidation sites excluding steroid dienone is 2. The number of hydrogen-bond acceptors (Lipinski definition) is 1. The molecule has 0 aromatic rings. The Labute approximate surface area is 190 Å². The van der Waals surface area contributed by atoms with E-state index >= 15 is 0 Å². The molecule has 0 saturated heterocycles. The third kappa shape index (κ3) is 25.2. The molecule has 0 rings (SSSR count). The zero-order chi connectivity index (χ0) is 22.3. The van der Waals surface area contributed by atoms with Crippen LogP contribution in [0.1, 0.15) is 150 Å². The molecule has 0 atom stereocenters. The van der Waals surface area contributed by atoms with Crippen LogP contribution in [0.4, 0.5) is 0 Å². The SMILES string of the molecule is CCCCCCCC/C=C\CCCCCCCCNC(=O)CCCCCC(C)(C)C. The fraction of sp³-hybridized carbons (Fsp3) is 0.893. The molecule has 0 aliphatic rings. The fourth-order valence-electron chi connectivity index (χ4n) is 3.81. The third-order valence-electron chi connectivity index (χ3n) is 5.84. The molecule has 0 bridgehead atoms. The van der Waals surface area contributed by atoms with Gasteiger partial charge in [-0.05, 0) is 50.4 Å². The van der Waals surface area contributed by atoms with Crippen LogP contribution in [0.15, 0.2) is 12.2 Å². The van der Waals surface area contributed by atoms with E-state index in [1.807, 2.05) is 0 Å². The van der Waals surface area contributed by atoms with Gasteiger partial charge in [-0.15, -0.1) is 0 Å². The van der Waals surface area contributed by atoms with Gasteiger partial charge in [0.2, 0.25) is 5.91 Å². The van der Waals surface area contributed by atoms with Gasteiger partial charge in [0.15, 0.2) is 0 Å². The predicted octanol–water partition coefficient (Wildman–Crippen LogP) is 9.14. The highest BCUT2D eigenvalue weighted by Gasteiger charge is 2.09. The van der Waals surface area contributed by atoms with Gasteiger partial charge in [-0.1, -0.05) is 110 Å². The first-order valence-corrected chi connectivity index (χ1v) is 13.4. The summed E-state index contributed by atoms with van der Waals surface area (Å²) in [5.41, 5.74) is 0.423. The van der Waals surface area contributed by atoms with Gasteiger partial charge in [0.05, 0.1) is 0 Å². The van der Waals surface area contributed by atoms with Gasteiger partial charge in [-0.3, -0.25) is 4.79 Å². The van der Waals surface area contributed by atoms with Crippen LogP contribution in [0.25, 0.3) is 0 Å². The highest BCUT2D eigenvalue weighted by atomic mass is 16.1. The van der Waals surface area contributed by atoms with Crippen molar-refractivity contribution >= 4 is 5.91 Å². The molecule has 30 heavy (non-hydrogen) atoms. The van der Waals surface area contributed by atoms with E-state index in [4.69, 9.17) is 0 Å². The summed E-state index contributed by atoms with van der Waals surface area (Å²) in [7, 11) is 0. The second-order valence-electron chi connectivity index (χ2n) is 10.4. The van der Waals surface area contributed by atoms with Gasteiger partial charge in [-0.2, -0.15) is 0 Å². The lowest BCUT2D eigenvalue weighted by molar-refractivity contribution is -0.121. The first-order valence-electron chi connectivity index (χ1n) is 13.4. The Kier molecular flexibility index (Phi) is 20.9. The molecular formula is C28H55NO. The maximum Gasteiger partial charge on any atom is 0.219 e. The lowest BCUT2D eigenvalue weighted by Crippen LogP contribution is -2.23. The number of carbonyl (C=O) groups excluding carboxylic acids is 1. The van der Waals surface area contributed by atoms with Gasteiger partial charge in [0, 0.05) is 13.0 Å². The summed E-state index contributed by atoms with van der Waals surface area (Å²) >= 11 is 0. The molecule has 2 nitrogen and oxygen atoms in total. The zero-order valence-electron chi connectivity index (χ0n) is 21.2. The topological polar surface area (TPSA) is 29.1 Å². The Morgan fingerprint density at radius 1 is 0.667 bits per heavy atom. The molecule has 0 heterocycles. The largest absolute Gasteiger partial charge is 0.356 e. The molecule has 0 radical (unpaired) electrons. The average molecular weight is 422 g/mol. The van der Waals surface area contributed by atoms with Crippen molar-refractivity contribution in [3.8, 4) is 0 Å². The van der Waals surface area contributed by atoms with Crippen LogP contribution in [0.2, 0.25) is 0 Å². The van der Waals surface area contributed by atoms with Gasteiger partial charge >= 0.3 is 0 Å². The van der Waals surface area contributed by atoms with E-state index in [2.05, 4.69) is 45.2 Å². The minimum atomic E-state index is 0.249. The normalized spacial score (nSPS) is 12.0. The third-order valence-corrected chi connectivity index (χ3v) is 5.84. The highest BCUT2D eigenvalue weighted by molar-refractivity contribution is 5.75. The first-order chi connectivity index (χ1) is 14.5. The summed E-state index contributed by atoms with van der Waals surface area (Å²) in [4.78, 5) is 11.8. The van der Waals surface area contributed by atoms with Crippen LogP contribution in [0, 0.1) is 5.41 Å². The molecule has 1 N–H and O–H groups in total. The van der Waals surface area contributed by atoms with Gasteiger partial charge in [0.25, 0.3) is 0 Å². The molecule has 2 heteroatoms. The van der Waals surface area contributed by atoms with Crippen molar-refractivity contribution < 1.29 is 4.79 Å². The summed E-state index contributed by atoms with van der Waals surface area (Å²) < 4.78 is 0. The summed E-state index contributed by atoms with van der Waals surface area (Å²) in [5.74, 6) is 0.249. The summed E-state index contributed by atoms with van der Waals surface area (Å²) in [6, 6.07) is 0. The molecular weight excluding hydrogens is 366 g/mol. The Bertz CT molecular complexity index is 394. The Balaban J connectivity index is 3.23. The molecule has 0 spiro atoms.